The molecule has 92 valence electrons. The van der Waals surface area contributed by atoms with Crippen LogP contribution in [0.4, 0.5) is 0 Å². The Morgan fingerprint density at radius 1 is 1.33 bits per heavy atom. The molecule has 0 aliphatic carbocycles. The van der Waals surface area contributed by atoms with E-state index >= 15 is 0 Å². The molecule has 2 aromatic rings. The van der Waals surface area contributed by atoms with Gasteiger partial charge in [0.2, 0.25) is 5.91 Å². The normalized spacial score (nSPS) is 19.1. The number of benzene rings is 1. The van der Waals surface area contributed by atoms with Gasteiger partial charge in [0.05, 0.1) is 6.42 Å². The molecular weight excluding hydrogens is 232 g/mol. The summed E-state index contributed by atoms with van der Waals surface area (Å²) in [5, 5.41) is 12.6. The maximum absolute atomic E-state index is 11.7. The summed E-state index contributed by atoms with van der Waals surface area (Å²) in [6.07, 6.45) is 2.34. The van der Waals surface area contributed by atoms with Crippen LogP contribution in [0.15, 0.2) is 24.4 Å². The first-order valence-electron chi connectivity index (χ1n) is 5.75. The number of hydrogen-bond donors (Lipinski definition) is 3. The molecular formula is C13H12N2O3. The molecule has 5 heteroatoms. The summed E-state index contributed by atoms with van der Waals surface area (Å²) in [5.41, 5.74) is 2.82. The molecule has 1 amide bonds. The van der Waals surface area contributed by atoms with Crippen molar-refractivity contribution in [3.8, 4) is 0 Å². The lowest BCUT2D eigenvalue weighted by molar-refractivity contribution is -0.141. The fourth-order valence-electron chi connectivity index (χ4n) is 2.48. The van der Waals surface area contributed by atoms with E-state index in [0.717, 1.165) is 22.0 Å². The van der Waals surface area contributed by atoms with Gasteiger partial charge in [0.25, 0.3) is 0 Å². The molecule has 0 spiro atoms. The predicted molar refractivity (Wildman–Crippen MR) is 65.3 cm³/mol. The van der Waals surface area contributed by atoms with Crippen molar-refractivity contribution in [2.45, 2.75) is 18.9 Å². The van der Waals surface area contributed by atoms with Gasteiger partial charge < -0.3 is 15.4 Å². The summed E-state index contributed by atoms with van der Waals surface area (Å²) in [5.74, 6) is -1.25. The molecule has 0 saturated heterocycles. The summed E-state index contributed by atoms with van der Waals surface area (Å²) in [7, 11) is 0. The number of carboxylic acids is 1. The molecule has 0 radical (unpaired) electrons. The van der Waals surface area contributed by atoms with Crippen molar-refractivity contribution in [3.05, 3.63) is 35.5 Å². The van der Waals surface area contributed by atoms with Gasteiger partial charge in [-0.3, -0.25) is 4.79 Å². The van der Waals surface area contributed by atoms with E-state index in [2.05, 4.69) is 10.3 Å². The van der Waals surface area contributed by atoms with Crippen LogP contribution in [0, 0.1) is 0 Å². The fourth-order valence-corrected chi connectivity index (χ4v) is 2.48. The molecule has 1 atom stereocenters. The molecule has 0 bridgehead atoms. The maximum Gasteiger partial charge on any atom is 0.326 e. The van der Waals surface area contributed by atoms with E-state index in [1.807, 2.05) is 24.4 Å². The number of rotatable bonds is 1. The Balaban J connectivity index is 2.18. The van der Waals surface area contributed by atoms with E-state index in [-0.39, 0.29) is 12.3 Å². The highest BCUT2D eigenvalue weighted by Crippen LogP contribution is 2.25. The van der Waals surface area contributed by atoms with Gasteiger partial charge in [0, 0.05) is 23.5 Å². The highest BCUT2D eigenvalue weighted by Gasteiger charge is 2.25. The number of carbonyl (C=O) groups is 2. The number of hydrogen-bond acceptors (Lipinski definition) is 2. The highest BCUT2D eigenvalue weighted by molar-refractivity contribution is 5.94. The topological polar surface area (TPSA) is 82.2 Å². The lowest BCUT2D eigenvalue weighted by Crippen LogP contribution is -2.43. The molecule has 1 unspecified atom stereocenters. The summed E-state index contributed by atoms with van der Waals surface area (Å²) < 4.78 is 0. The largest absolute Gasteiger partial charge is 0.480 e. The second kappa shape index (κ2) is 3.87. The molecule has 3 N–H and O–H groups in total. The third kappa shape index (κ3) is 1.64. The number of amides is 1. The Labute approximate surface area is 103 Å². The predicted octanol–water partition coefficient (Wildman–Crippen LogP) is 0.836. The van der Waals surface area contributed by atoms with Crippen LogP contribution in [0.1, 0.15) is 11.1 Å². The fraction of sp³-hybridized carbons (Fsp3) is 0.231. The lowest BCUT2D eigenvalue weighted by atomic mass is 9.97. The van der Waals surface area contributed by atoms with Gasteiger partial charge in [-0.2, -0.15) is 0 Å². The molecule has 1 aromatic heterocycles. The number of aromatic amines is 1. The minimum absolute atomic E-state index is 0.214. The van der Waals surface area contributed by atoms with Crippen LogP contribution in [0.2, 0.25) is 0 Å². The van der Waals surface area contributed by atoms with E-state index in [0.29, 0.717) is 6.42 Å². The number of nitrogens with one attached hydrogen (secondary N) is 2. The van der Waals surface area contributed by atoms with Crippen molar-refractivity contribution in [1.29, 1.82) is 0 Å². The van der Waals surface area contributed by atoms with Crippen LogP contribution in [0.3, 0.4) is 0 Å². The third-order valence-corrected chi connectivity index (χ3v) is 3.28. The zero-order valence-corrected chi connectivity index (χ0v) is 9.56. The summed E-state index contributed by atoms with van der Waals surface area (Å²) >= 11 is 0. The van der Waals surface area contributed by atoms with Crippen LogP contribution in [0.25, 0.3) is 10.9 Å². The molecule has 0 fully saturated rings. The van der Waals surface area contributed by atoms with Gasteiger partial charge in [-0.25, -0.2) is 4.79 Å². The Kier molecular flexibility index (Phi) is 2.33. The van der Waals surface area contributed by atoms with E-state index in [1.54, 1.807) is 0 Å². The van der Waals surface area contributed by atoms with Crippen molar-refractivity contribution in [1.82, 2.24) is 10.3 Å². The van der Waals surface area contributed by atoms with E-state index in [4.69, 9.17) is 5.11 Å². The molecule has 1 aliphatic rings. The van der Waals surface area contributed by atoms with Crippen LogP contribution in [-0.4, -0.2) is 28.0 Å². The molecule has 5 nitrogen and oxygen atoms in total. The van der Waals surface area contributed by atoms with Crippen LogP contribution >= 0.6 is 0 Å². The standard InChI is InChI=1S/C13H12N2O3/c16-11-5-7-2-1-3-9-12(7)8(6-14-9)4-10(15-11)13(17)18/h1-3,6,10,14H,4-5H2,(H,15,16)(H,17,18). The first-order valence-corrected chi connectivity index (χ1v) is 5.75. The number of H-pyrrole nitrogens is 1. The van der Waals surface area contributed by atoms with Crippen LogP contribution < -0.4 is 5.32 Å². The zero-order chi connectivity index (χ0) is 12.7. The van der Waals surface area contributed by atoms with Gasteiger partial charge in [-0.05, 0) is 17.2 Å². The first-order chi connectivity index (χ1) is 8.65. The minimum atomic E-state index is -1.00. The Morgan fingerprint density at radius 2 is 2.17 bits per heavy atom. The quantitative estimate of drug-likeness (QED) is 0.695. The lowest BCUT2D eigenvalue weighted by Gasteiger charge is -2.18. The molecule has 18 heavy (non-hydrogen) atoms. The van der Waals surface area contributed by atoms with Gasteiger partial charge in [0.1, 0.15) is 6.04 Å². The Bertz CT molecular complexity index is 645. The molecule has 0 saturated carbocycles. The number of carbonyl (C=O) groups excluding carboxylic acids is 1. The summed E-state index contributed by atoms with van der Waals surface area (Å²) in [6.45, 7) is 0. The van der Waals surface area contributed by atoms with E-state index in [9.17, 15) is 9.59 Å². The average Bonchev–Trinajstić information content (AvgIpc) is 2.70. The summed E-state index contributed by atoms with van der Waals surface area (Å²) in [4.78, 5) is 25.9. The average molecular weight is 244 g/mol. The zero-order valence-electron chi connectivity index (χ0n) is 9.56. The van der Waals surface area contributed by atoms with Crippen molar-refractivity contribution >= 4 is 22.8 Å². The number of aliphatic carboxylic acids is 1. The monoisotopic (exact) mass is 244 g/mol. The van der Waals surface area contributed by atoms with Crippen LogP contribution in [-0.2, 0) is 22.4 Å². The smallest absolute Gasteiger partial charge is 0.326 e. The molecule has 2 heterocycles. The second-order valence-corrected chi connectivity index (χ2v) is 4.49. The summed E-state index contributed by atoms with van der Waals surface area (Å²) in [6, 6.07) is 4.87. The third-order valence-electron chi connectivity index (χ3n) is 3.28. The van der Waals surface area contributed by atoms with Crippen molar-refractivity contribution in [3.63, 3.8) is 0 Å². The van der Waals surface area contributed by atoms with Crippen molar-refractivity contribution < 1.29 is 14.7 Å². The van der Waals surface area contributed by atoms with Gasteiger partial charge in [-0.1, -0.05) is 12.1 Å². The molecule has 1 aromatic carbocycles. The minimum Gasteiger partial charge on any atom is -0.480 e. The maximum atomic E-state index is 11.7. The Morgan fingerprint density at radius 3 is 2.94 bits per heavy atom. The SMILES string of the molecule is O=C1Cc2cccc3[nH]cc(c23)CC(C(=O)O)N1. The first kappa shape index (κ1) is 10.8. The number of carboxylic acid groups (broad SMARTS) is 1. The van der Waals surface area contributed by atoms with Gasteiger partial charge in [-0.15, -0.1) is 0 Å². The second-order valence-electron chi connectivity index (χ2n) is 4.49. The molecule has 3 rings (SSSR count). The highest BCUT2D eigenvalue weighted by atomic mass is 16.4. The van der Waals surface area contributed by atoms with Crippen LogP contribution in [0.5, 0.6) is 0 Å². The van der Waals surface area contributed by atoms with Crippen molar-refractivity contribution in [2.75, 3.05) is 0 Å². The van der Waals surface area contributed by atoms with Crippen molar-refractivity contribution in [2.24, 2.45) is 0 Å². The molecule has 1 aliphatic heterocycles. The van der Waals surface area contributed by atoms with Gasteiger partial charge in [0.15, 0.2) is 0 Å². The van der Waals surface area contributed by atoms with Gasteiger partial charge >= 0.3 is 5.97 Å². The Hall–Kier alpha value is -2.30. The van der Waals surface area contributed by atoms with E-state index < -0.39 is 12.0 Å². The number of aromatic nitrogens is 1. The van der Waals surface area contributed by atoms with E-state index in [1.165, 1.54) is 0 Å².